The predicted molar refractivity (Wildman–Crippen MR) is 80.8 cm³/mol. The van der Waals surface area contributed by atoms with Crippen LogP contribution in [0.1, 0.15) is 18.2 Å². The smallest absolute Gasteiger partial charge is 0.326 e. The van der Waals surface area contributed by atoms with Gasteiger partial charge in [-0.3, -0.25) is 0 Å². The van der Waals surface area contributed by atoms with Gasteiger partial charge in [-0.1, -0.05) is 6.92 Å². The molecule has 1 aromatic rings. The Morgan fingerprint density at radius 2 is 2.30 bits per heavy atom. The molecule has 2 amide bonds. The molecule has 1 fully saturated rings. The van der Waals surface area contributed by atoms with Gasteiger partial charge in [-0.15, -0.1) is 11.3 Å². The summed E-state index contributed by atoms with van der Waals surface area (Å²) in [7, 11) is 1.71. The molecular formula is C13H17BrN2O3S. The fourth-order valence-electron chi connectivity index (χ4n) is 2.50. The summed E-state index contributed by atoms with van der Waals surface area (Å²) in [4.78, 5) is 27.8. The fourth-order valence-corrected chi connectivity index (χ4v) is 4.00. The van der Waals surface area contributed by atoms with Gasteiger partial charge in [0.25, 0.3) is 0 Å². The number of hydrogen-bond acceptors (Lipinski definition) is 3. The minimum atomic E-state index is -0.921. The molecule has 0 radical (unpaired) electrons. The predicted octanol–water partition coefficient (Wildman–Crippen LogP) is 2.86. The molecule has 2 unspecified atom stereocenters. The van der Waals surface area contributed by atoms with Crippen LogP contribution < -0.4 is 0 Å². The molecule has 0 aliphatic carbocycles. The third-order valence-corrected chi connectivity index (χ3v) is 5.22. The van der Waals surface area contributed by atoms with Crippen LogP contribution in [0.2, 0.25) is 0 Å². The van der Waals surface area contributed by atoms with Crippen LogP contribution in [0.4, 0.5) is 4.79 Å². The molecule has 2 rings (SSSR count). The average molecular weight is 361 g/mol. The second-order valence-electron chi connectivity index (χ2n) is 5.11. The van der Waals surface area contributed by atoms with Gasteiger partial charge in [0.1, 0.15) is 6.04 Å². The van der Waals surface area contributed by atoms with Crippen molar-refractivity contribution in [3.05, 3.63) is 20.8 Å². The first kappa shape index (κ1) is 15.3. The number of thiophene rings is 1. The molecule has 1 aromatic heterocycles. The van der Waals surface area contributed by atoms with Crippen LogP contribution in [-0.2, 0) is 11.3 Å². The first-order valence-corrected chi connectivity index (χ1v) is 8.05. The maximum atomic E-state index is 12.4. The van der Waals surface area contributed by atoms with Crippen molar-refractivity contribution in [2.45, 2.75) is 25.9 Å². The molecule has 0 spiro atoms. The zero-order chi connectivity index (χ0) is 14.9. The molecule has 0 aromatic carbocycles. The molecule has 20 heavy (non-hydrogen) atoms. The molecule has 2 atom stereocenters. The van der Waals surface area contributed by atoms with Crippen molar-refractivity contribution in [2.24, 2.45) is 5.92 Å². The van der Waals surface area contributed by atoms with Crippen molar-refractivity contribution >= 4 is 39.3 Å². The molecule has 1 saturated heterocycles. The summed E-state index contributed by atoms with van der Waals surface area (Å²) in [5, 5.41) is 11.2. The lowest BCUT2D eigenvalue weighted by atomic mass is 10.0. The Kier molecular flexibility index (Phi) is 4.70. The van der Waals surface area contributed by atoms with E-state index in [1.807, 2.05) is 18.4 Å². The molecule has 0 saturated carbocycles. The van der Waals surface area contributed by atoms with Crippen molar-refractivity contribution in [1.82, 2.24) is 9.80 Å². The van der Waals surface area contributed by atoms with E-state index in [-0.39, 0.29) is 11.9 Å². The highest BCUT2D eigenvalue weighted by molar-refractivity contribution is 9.10. The molecule has 1 N–H and O–H groups in total. The summed E-state index contributed by atoms with van der Waals surface area (Å²) in [6.07, 6.45) is 0.737. The largest absolute Gasteiger partial charge is 0.480 e. The molecule has 2 heterocycles. The Morgan fingerprint density at radius 1 is 1.60 bits per heavy atom. The van der Waals surface area contributed by atoms with E-state index in [9.17, 15) is 14.7 Å². The highest BCUT2D eigenvalue weighted by Crippen LogP contribution is 2.26. The molecule has 1 aliphatic heterocycles. The van der Waals surface area contributed by atoms with Crippen LogP contribution in [-0.4, -0.2) is 46.5 Å². The Morgan fingerprint density at radius 3 is 2.85 bits per heavy atom. The Hall–Kier alpha value is -1.08. The molecule has 0 bridgehead atoms. The van der Waals surface area contributed by atoms with Crippen molar-refractivity contribution in [1.29, 1.82) is 0 Å². The van der Waals surface area contributed by atoms with Gasteiger partial charge in [0.15, 0.2) is 0 Å². The summed E-state index contributed by atoms with van der Waals surface area (Å²) < 4.78 is 0.997. The van der Waals surface area contributed by atoms with Crippen molar-refractivity contribution in [3.8, 4) is 0 Å². The Labute approximate surface area is 130 Å². The zero-order valence-electron chi connectivity index (χ0n) is 11.4. The van der Waals surface area contributed by atoms with Crippen LogP contribution in [0, 0.1) is 5.92 Å². The maximum Gasteiger partial charge on any atom is 0.326 e. The molecule has 7 heteroatoms. The van der Waals surface area contributed by atoms with Gasteiger partial charge in [0.2, 0.25) is 0 Å². The number of hydrogen-bond donors (Lipinski definition) is 1. The van der Waals surface area contributed by atoms with Gasteiger partial charge in [0.05, 0.1) is 6.54 Å². The lowest BCUT2D eigenvalue weighted by Crippen LogP contribution is -2.47. The number of carbonyl (C=O) groups is 2. The van der Waals surface area contributed by atoms with Crippen molar-refractivity contribution in [3.63, 3.8) is 0 Å². The quantitative estimate of drug-likeness (QED) is 0.901. The van der Waals surface area contributed by atoms with E-state index in [0.29, 0.717) is 13.1 Å². The second kappa shape index (κ2) is 6.13. The van der Waals surface area contributed by atoms with Gasteiger partial charge in [-0.2, -0.15) is 0 Å². The highest BCUT2D eigenvalue weighted by atomic mass is 79.9. The van der Waals surface area contributed by atoms with Crippen LogP contribution in [0.5, 0.6) is 0 Å². The Balaban J connectivity index is 2.04. The van der Waals surface area contributed by atoms with E-state index in [1.54, 1.807) is 23.3 Å². The van der Waals surface area contributed by atoms with E-state index in [4.69, 9.17) is 0 Å². The van der Waals surface area contributed by atoms with Gasteiger partial charge >= 0.3 is 12.0 Å². The second-order valence-corrected chi connectivity index (χ2v) is 7.02. The van der Waals surface area contributed by atoms with Gasteiger partial charge in [0, 0.05) is 28.3 Å². The number of carbonyl (C=O) groups excluding carboxylic acids is 1. The van der Waals surface area contributed by atoms with Crippen LogP contribution in [0.25, 0.3) is 0 Å². The summed E-state index contributed by atoms with van der Waals surface area (Å²) in [6.45, 7) is 2.88. The van der Waals surface area contributed by atoms with Gasteiger partial charge in [-0.05, 0) is 34.3 Å². The number of carboxylic acid groups (broad SMARTS) is 1. The fraction of sp³-hybridized carbons (Fsp3) is 0.538. The number of rotatable bonds is 3. The van der Waals surface area contributed by atoms with E-state index in [0.717, 1.165) is 15.8 Å². The van der Waals surface area contributed by atoms with E-state index < -0.39 is 12.0 Å². The zero-order valence-corrected chi connectivity index (χ0v) is 13.8. The molecular weight excluding hydrogens is 344 g/mol. The number of likely N-dealkylation sites (tertiary alicyclic amines) is 1. The minimum Gasteiger partial charge on any atom is -0.480 e. The first-order chi connectivity index (χ1) is 9.40. The number of nitrogens with zero attached hydrogens (tertiary/aromatic N) is 2. The summed E-state index contributed by atoms with van der Waals surface area (Å²) in [5.41, 5.74) is 0. The van der Waals surface area contributed by atoms with Crippen molar-refractivity contribution in [2.75, 3.05) is 13.6 Å². The van der Waals surface area contributed by atoms with Crippen LogP contribution >= 0.6 is 27.3 Å². The highest BCUT2D eigenvalue weighted by Gasteiger charge is 2.40. The SMILES string of the molecule is CC1CCN(C(=O)N(C)Cc2cc(Br)cs2)C1C(=O)O. The summed E-state index contributed by atoms with van der Waals surface area (Å²) in [5.74, 6) is -0.920. The van der Waals surface area contributed by atoms with Gasteiger partial charge < -0.3 is 14.9 Å². The average Bonchev–Trinajstić information content (AvgIpc) is 2.94. The summed E-state index contributed by atoms with van der Waals surface area (Å²) >= 11 is 4.95. The Bertz CT molecular complexity index is 519. The van der Waals surface area contributed by atoms with Crippen molar-refractivity contribution < 1.29 is 14.7 Å². The molecule has 110 valence electrons. The standard InChI is InChI=1S/C13H17BrN2O3S/c1-8-3-4-16(11(8)12(17)18)13(19)15(2)6-10-5-9(14)7-20-10/h5,7-8,11H,3-4,6H2,1-2H3,(H,17,18). The van der Waals surface area contributed by atoms with E-state index >= 15 is 0 Å². The molecule has 5 nitrogen and oxygen atoms in total. The van der Waals surface area contributed by atoms with Crippen LogP contribution in [0.3, 0.4) is 0 Å². The van der Waals surface area contributed by atoms with E-state index in [1.165, 1.54) is 4.90 Å². The number of halogens is 1. The topological polar surface area (TPSA) is 60.9 Å². The minimum absolute atomic E-state index is 0.000678. The monoisotopic (exact) mass is 360 g/mol. The first-order valence-electron chi connectivity index (χ1n) is 6.37. The maximum absolute atomic E-state index is 12.4. The third-order valence-electron chi connectivity index (χ3n) is 3.54. The number of carboxylic acids is 1. The van der Waals surface area contributed by atoms with Crippen LogP contribution in [0.15, 0.2) is 15.9 Å². The molecule has 1 aliphatic rings. The normalized spacial score (nSPS) is 22.1. The number of urea groups is 1. The summed E-state index contributed by atoms with van der Waals surface area (Å²) in [6, 6.07) is 1.04. The number of aliphatic carboxylic acids is 1. The third kappa shape index (κ3) is 3.15. The number of amides is 2. The van der Waals surface area contributed by atoms with Gasteiger partial charge in [-0.25, -0.2) is 9.59 Å². The lowest BCUT2D eigenvalue weighted by molar-refractivity contribution is -0.142. The lowest BCUT2D eigenvalue weighted by Gasteiger charge is -2.28. The van der Waals surface area contributed by atoms with E-state index in [2.05, 4.69) is 15.9 Å².